The van der Waals surface area contributed by atoms with Gasteiger partial charge in [0.2, 0.25) is 5.91 Å². The molecule has 2 atom stereocenters. The Bertz CT molecular complexity index is 526. The number of halogens is 2. The largest absolute Gasteiger partial charge is 0.495 e. The zero-order valence-electron chi connectivity index (χ0n) is 12.7. The summed E-state index contributed by atoms with van der Waals surface area (Å²) in [4.78, 5) is 12.4. The lowest BCUT2D eigenvalue weighted by atomic mass is 9.85. The van der Waals surface area contributed by atoms with Gasteiger partial charge in [0, 0.05) is 24.1 Å². The molecule has 3 N–H and O–H groups in total. The molecule has 7 heteroatoms. The zero-order chi connectivity index (χ0) is 15.4. The summed E-state index contributed by atoms with van der Waals surface area (Å²) in [6.07, 6.45) is 3.56. The van der Waals surface area contributed by atoms with Crippen LogP contribution in [0.3, 0.4) is 0 Å². The van der Waals surface area contributed by atoms with Gasteiger partial charge in [-0.3, -0.25) is 4.79 Å². The van der Waals surface area contributed by atoms with Gasteiger partial charge in [0.15, 0.2) is 0 Å². The van der Waals surface area contributed by atoms with Crippen LogP contribution in [0.4, 0.5) is 5.69 Å². The molecule has 0 saturated heterocycles. The number of carbonyl (C=O) groups is 1. The second kappa shape index (κ2) is 8.46. The van der Waals surface area contributed by atoms with E-state index < -0.39 is 0 Å². The molecular weight excluding hydrogens is 327 g/mol. The molecule has 2 rings (SSSR count). The monoisotopic (exact) mass is 348 g/mol. The lowest BCUT2D eigenvalue weighted by Gasteiger charge is -2.26. The first-order chi connectivity index (χ1) is 10.0. The van der Waals surface area contributed by atoms with Crippen molar-refractivity contribution in [3.63, 3.8) is 0 Å². The van der Waals surface area contributed by atoms with Gasteiger partial charge in [-0.2, -0.15) is 0 Å². The number of carbonyl (C=O) groups excluding carboxylic acids is 1. The van der Waals surface area contributed by atoms with E-state index >= 15 is 0 Å². The first-order valence-electron chi connectivity index (χ1n) is 7.03. The quantitative estimate of drug-likeness (QED) is 0.875. The fourth-order valence-electron chi connectivity index (χ4n) is 2.66. The van der Waals surface area contributed by atoms with Crippen LogP contribution >= 0.6 is 24.0 Å². The SMILES string of the molecule is COc1cc(NC(=O)C2CCCC(N)C2)c(OC)cc1Cl.Cl. The Morgan fingerprint density at radius 2 is 1.95 bits per heavy atom. The Labute approximate surface area is 141 Å². The molecule has 0 bridgehead atoms. The van der Waals surface area contributed by atoms with E-state index in [4.69, 9.17) is 26.8 Å². The van der Waals surface area contributed by atoms with Crippen molar-refractivity contribution in [3.05, 3.63) is 17.2 Å². The maximum Gasteiger partial charge on any atom is 0.227 e. The minimum Gasteiger partial charge on any atom is -0.495 e. The van der Waals surface area contributed by atoms with Gasteiger partial charge in [-0.25, -0.2) is 0 Å². The van der Waals surface area contributed by atoms with Crippen LogP contribution < -0.4 is 20.5 Å². The predicted molar refractivity (Wildman–Crippen MR) is 90.4 cm³/mol. The number of amides is 1. The maximum atomic E-state index is 12.4. The summed E-state index contributed by atoms with van der Waals surface area (Å²) in [6, 6.07) is 3.40. The predicted octanol–water partition coefficient (Wildman–Crippen LogP) is 3.24. The van der Waals surface area contributed by atoms with E-state index in [0.29, 0.717) is 22.2 Å². The molecule has 0 aliphatic heterocycles. The molecule has 1 amide bonds. The van der Waals surface area contributed by atoms with Crippen LogP contribution in [-0.4, -0.2) is 26.2 Å². The van der Waals surface area contributed by atoms with E-state index in [1.165, 1.54) is 14.2 Å². The van der Waals surface area contributed by atoms with Crippen molar-refractivity contribution < 1.29 is 14.3 Å². The van der Waals surface area contributed by atoms with Crippen LogP contribution in [0.2, 0.25) is 5.02 Å². The molecular formula is C15H22Cl2N2O3. The van der Waals surface area contributed by atoms with Crippen LogP contribution in [0.25, 0.3) is 0 Å². The average Bonchev–Trinajstić information content (AvgIpc) is 2.48. The summed E-state index contributed by atoms with van der Waals surface area (Å²) in [5.74, 6) is 0.912. The lowest BCUT2D eigenvalue weighted by molar-refractivity contribution is -0.120. The van der Waals surface area contributed by atoms with Crippen molar-refractivity contribution >= 4 is 35.6 Å². The third kappa shape index (κ3) is 4.41. The van der Waals surface area contributed by atoms with Gasteiger partial charge < -0.3 is 20.5 Å². The van der Waals surface area contributed by atoms with Crippen molar-refractivity contribution in [2.24, 2.45) is 11.7 Å². The highest BCUT2D eigenvalue weighted by Crippen LogP contribution is 2.36. The summed E-state index contributed by atoms with van der Waals surface area (Å²) in [7, 11) is 3.06. The normalized spacial score (nSPS) is 20.7. The molecule has 0 spiro atoms. The van der Waals surface area contributed by atoms with Crippen molar-refractivity contribution in [2.75, 3.05) is 19.5 Å². The zero-order valence-corrected chi connectivity index (χ0v) is 14.3. The van der Waals surface area contributed by atoms with Gasteiger partial charge in [0.05, 0.1) is 24.9 Å². The summed E-state index contributed by atoms with van der Waals surface area (Å²) in [6.45, 7) is 0. The fourth-order valence-corrected chi connectivity index (χ4v) is 2.89. The number of rotatable bonds is 4. The molecule has 1 aromatic rings. The molecule has 5 nitrogen and oxygen atoms in total. The standard InChI is InChI=1S/C15H21ClN2O3.ClH/c1-20-13-8-12(14(21-2)7-11(13)16)18-15(19)9-4-3-5-10(17)6-9;/h7-10H,3-6,17H2,1-2H3,(H,18,19);1H. The van der Waals surface area contributed by atoms with Crippen molar-refractivity contribution in [3.8, 4) is 11.5 Å². The first-order valence-corrected chi connectivity index (χ1v) is 7.41. The molecule has 1 fully saturated rings. The van der Waals surface area contributed by atoms with Crippen LogP contribution in [-0.2, 0) is 4.79 Å². The fraction of sp³-hybridized carbons (Fsp3) is 0.533. The van der Waals surface area contributed by atoms with E-state index in [-0.39, 0.29) is 30.3 Å². The molecule has 0 radical (unpaired) electrons. The number of benzene rings is 1. The Morgan fingerprint density at radius 1 is 1.27 bits per heavy atom. The van der Waals surface area contributed by atoms with Gasteiger partial charge in [0.25, 0.3) is 0 Å². The number of ether oxygens (including phenoxy) is 2. The van der Waals surface area contributed by atoms with Crippen molar-refractivity contribution in [2.45, 2.75) is 31.7 Å². The average molecular weight is 349 g/mol. The van der Waals surface area contributed by atoms with Crippen LogP contribution in [0.1, 0.15) is 25.7 Å². The summed E-state index contributed by atoms with van der Waals surface area (Å²) in [5, 5.41) is 3.33. The third-order valence-electron chi connectivity index (χ3n) is 3.82. The van der Waals surface area contributed by atoms with E-state index in [2.05, 4.69) is 5.32 Å². The van der Waals surface area contributed by atoms with E-state index in [1.54, 1.807) is 12.1 Å². The second-order valence-electron chi connectivity index (χ2n) is 5.30. The minimum absolute atomic E-state index is 0. The molecule has 1 aliphatic carbocycles. The minimum atomic E-state index is -0.0554. The number of nitrogens with one attached hydrogen (secondary N) is 1. The molecule has 0 heterocycles. The molecule has 1 aromatic carbocycles. The molecule has 0 aromatic heterocycles. The van der Waals surface area contributed by atoms with E-state index in [1.807, 2.05) is 0 Å². The van der Waals surface area contributed by atoms with Crippen molar-refractivity contribution in [1.82, 2.24) is 0 Å². The Kier molecular flexibility index (Phi) is 7.26. The van der Waals surface area contributed by atoms with Gasteiger partial charge in [-0.15, -0.1) is 12.4 Å². The Morgan fingerprint density at radius 3 is 2.55 bits per heavy atom. The number of hydrogen-bond donors (Lipinski definition) is 2. The lowest BCUT2D eigenvalue weighted by Crippen LogP contribution is -2.34. The van der Waals surface area contributed by atoms with Gasteiger partial charge in [-0.05, 0) is 19.3 Å². The van der Waals surface area contributed by atoms with E-state index in [0.717, 1.165) is 25.7 Å². The highest BCUT2D eigenvalue weighted by molar-refractivity contribution is 6.32. The highest BCUT2D eigenvalue weighted by atomic mass is 35.5. The van der Waals surface area contributed by atoms with Crippen LogP contribution in [0.15, 0.2) is 12.1 Å². The summed E-state index contributed by atoms with van der Waals surface area (Å²) < 4.78 is 10.4. The number of hydrogen-bond acceptors (Lipinski definition) is 4. The highest BCUT2D eigenvalue weighted by Gasteiger charge is 2.26. The third-order valence-corrected chi connectivity index (χ3v) is 4.11. The number of anilines is 1. The maximum absolute atomic E-state index is 12.4. The first kappa shape index (κ1) is 18.9. The Balaban J connectivity index is 0.00000242. The molecule has 1 aliphatic rings. The van der Waals surface area contributed by atoms with Gasteiger partial charge in [-0.1, -0.05) is 18.0 Å². The molecule has 124 valence electrons. The van der Waals surface area contributed by atoms with Crippen LogP contribution in [0, 0.1) is 5.92 Å². The van der Waals surface area contributed by atoms with Gasteiger partial charge in [0.1, 0.15) is 11.5 Å². The summed E-state index contributed by atoms with van der Waals surface area (Å²) in [5.41, 5.74) is 6.49. The number of methoxy groups -OCH3 is 2. The second-order valence-corrected chi connectivity index (χ2v) is 5.71. The number of nitrogens with two attached hydrogens (primary N) is 1. The molecule has 1 saturated carbocycles. The topological polar surface area (TPSA) is 73.6 Å². The van der Waals surface area contributed by atoms with Crippen molar-refractivity contribution in [1.29, 1.82) is 0 Å². The van der Waals surface area contributed by atoms with Gasteiger partial charge >= 0.3 is 0 Å². The smallest absolute Gasteiger partial charge is 0.227 e. The molecule has 2 unspecified atom stereocenters. The Hall–Kier alpha value is -1.17. The van der Waals surface area contributed by atoms with E-state index in [9.17, 15) is 4.79 Å². The summed E-state index contributed by atoms with van der Waals surface area (Å²) >= 11 is 6.05. The molecule has 22 heavy (non-hydrogen) atoms. The van der Waals surface area contributed by atoms with Crippen LogP contribution in [0.5, 0.6) is 11.5 Å².